The number of hydrogen-bond acceptors (Lipinski definition) is 3. The molecule has 0 amide bonds. The second-order valence-corrected chi connectivity index (χ2v) is 7.48. The van der Waals surface area contributed by atoms with Crippen LogP contribution < -0.4 is 0 Å². The maximum Gasteiger partial charge on any atom is 0.335 e. The molecule has 0 aliphatic heterocycles. The number of aromatic carboxylic acids is 1. The van der Waals surface area contributed by atoms with E-state index < -0.39 is 16.0 Å². The summed E-state index contributed by atoms with van der Waals surface area (Å²) in [5.74, 6) is -0.664. The average Bonchev–Trinajstić information content (AvgIpc) is 3.11. The Morgan fingerprint density at radius 3 is 2.40 bits per heavy atom. The number of hydrogen-bond donors (Lipinski definition) is 1. The zero-order chi connectivity index (χ0) is 15.1. The Bertz CT molecular complexity index is 647. The van der Waals surface area contributed by atoms with Crippen molar-refractivity contribution < 1.29 is 18.3 Å². The van der Waals surface area contributed by atoms with Gasteiger partial charge in [0.1, 0.15) is 0 Å². The van der Waals surface area contributed by atoms with Gasteiger partial charge in [-0.25, -0.2) is 17.5 Å². The van der Waals surface area contributed by atoms with Gasteiger partial charge >= 0.3 is 5.97 Å². The smallest absolute Gasteiger partial charge is 0.335 e. The van der Waals surface area contributed by atoms with E-state index in [1.807, 2.05) is 0 Å². The van der Waals surface area contributed by atoms with E-state index in [1.54, 1.807) is 27.0 Å². The summed E-state index contributed by atoms with van der Waals surface area (Å²) in [6.45, 7) is 3.86. The number of carboxylic acid groups (broad SMARTS) is 1. The Morgan fingerprint density at radius 2 is 1.90 bits per heavy atom. The fraction of sp³-hybridized carbons (Fsp3) is 0.500. The molecule has 1 aliphatic rings. The lowest BCUT2D eigenvalue weighted by Gasteiger charge is -2.19. The number of carboxylic acids is 1. The third-order valence-electron chi connectivity index (χ3n) is 3.65. The molecular weight excluding hydrogens is 278 g/mol. The predicted octanol–water partition coefficient (Wildman–Crippen LogP) is 2.03. The van der Waals surface area contributed by atoms with Crippen molar-refractivity contribution in [2.45, 2.75) is 31.6 Å². The topological polar surface area (TPSA) is 74.7 Å². The summed E-state index contributed by atoms with van der Waals surface area (Å²) < 4.78 is 26.4. The van der Waals surface area contributed by atoms with E-state index >= 15 is 0 Å². The standard InChI is InChI=1S/C14H19NO4S/c1-9-6-10(2)13(7-12(9)14(16)17)20(18,19)15(3)8-11-4-5-11/h6-7,11H,4-5,8H2,1-3H3,(H,16,17). The number of rotatable bonds is 5. The predicted molar refractivity (Wildman–Crippen MR) is 75.4 cm³/mol. The van der Waals surface area contributed by atoms with Crippen LogP contribution in [0.25, 0.3) is 0 Å². The van der Waals surface area contributed by atoms with E-state index in [1.165, 1.54) is 10.4 Å². The van der Waals surface area contributed by atoms with E-state index in [2.05, 4.69) is 0 Å². The molecule has 0 saturated heterocycles. The van der Waals surface area contributed by atoms with E-state index in [9.17, 15) is 13.2 Å². The second kappa shape index (κ2) is 5.18. The molecule has 1 aromatic carbocycles. The number of carbonyl (C=O) groups is 1. The summed E-state index contributed by atoms with van der Waals surface area (Å²) in [5.41, 5.74) is 1.18. The first-order valence-electron chi connectivity index (χ1n) is 6.54. The monoisotopic (exact) mass is 297 g/mol. The first-order chi connectivity index (χ1) is 9.23. The van der Waals surface area contributed by atoms with Crippen LogP contribution in [0.2, 0.25) is 0 Å². The molecule has 1 aliphatic carbocycles. The van der Waals surface area contributed by atoms with Crippen LogP contribution in [-0.4, -0.2) is 37.4 Å². The van der Waals surface area contributed by atoms with Crippen molar-refractivity contribution in [3.05, 3.63) is 28.8 Å². The Morgan fingerprint density at radius 1 is 1.30 bits per heavy atom. The van der Waals surface area contributed by atoms with Gasteiger partial charge in [-0.15, -0.1) is 0 Å². The highest BCUT2D eigenvalue weighted by Gasteiger charge is 2.30. The second-order valence-electron chi connectivity index (χ2n) is 5.47. The normalized spacial score (nSPS) is 15.6. The van der Waals surface area contributed by atoms with Gasteiger partial charge in [0.25, 0.3) is 0 Å². The van der Waals surface area contributed by atoms with Crippen molar-refractivity contribution in [1.82, 2.24) is 4.31 Å². The van der Waals surface area contributed by atoms with Gasteiger partial charge in [0.15, 0.2) is 0 Å². The van der Waals surface area contributed by atoms with Crippen LogP contribution >= 0.6 is 0 Å². The summed E-state index contributed by atoms with van der Waals surface area (Å²) in [6.07, 6.45) is 2.13. The summed E-state index contributed by atoms with van der Waals surface area (Å²) in [4.78, 5) is 11.2. The number of nitrogens with zero attached hydrogens (tertiary/aromatic N) is 1. The van der Waals surface area contributed by atoms with Gasteiger partial charge in [0.2, 0.25) is 10.0 Å². The summed E-state index contributed by atoms with van der Waals surface area (Å²) in [7, 11) is -2.08. The first-order valence-corrected chi connectivity index (χ1v) is 7.98. The van der Waals surface area contributed by atoms with Gasteiger partial charge in [0.05, 0.1) is 10.5 Å². The highest BCUT2D eigenvalue weighted by Crippen LogP contribution is 2.31. The Kier molecular flexibility index (Phi) is 3.88. The fourth-order valence-electron chi connectivity index (χ4n) is 2.27. The lowest BCUT2D eigenvalue weighted by Crippen LogP contribution is -2.29. The molecule has 0 atom stereocenters. The van der Waals surface area contributed by atoms with E-state index in [0.717, 1.165) is 12.8 Å². The van der Waals surface area contributed by atoms with Crippen LogP contribution in [0.3, 0.4) is 0 Å². The fourth-order valence-corrected chi connectivity index (χ4v) is 3.75. The van der Waals surface area contributed by atoms with Crippen LogP contribution in [0, 0.1) is 19.8 Å². The van der Waals surface area contributed by atoms with E-state index in [-0.39, 0.29) is 10.5 Å². The highest BCUT2D eigenvalue weighted by molar-refractivity contribution is 7.89. The number of aryl methyl sites for hydroxylation is 2. The first kappa shape index (κ1) is 15.0. The molecule has 1 fully saturated rings. The minimum atomic E-state index is -3.63. The van der Waals surface area contributed by atoms with Crippen molar-refractivity contribution in [2.75, 3.05) is 13.6 Å². The largest absolute Gasteiger partial charge is 0.478 e. The molecule has 0 unspecified atom stereocenters. The summed E-state index contributed by atoms with van der Waals surface area (Å²) >= 11 is 0. The molecule has 1 aromatic rings. The Labute approximate surface area is 119 Å². The maximum absolute atomic E-state index is 12.5. The van der Waals surface area contributed by atoms with Crippen LogP contribution in [-0.2, 0) is 10.0 Å². The zero-order valence-corrected chi connectivity index (χ0v) is 12.7. The molecule has 110 valence electrons. The van der Waals surface area contributed by atoms with Gasteiger partial charge in [-0.05, 0) is 49.8 Å². The van der Waals surface area contributed by atoms with Gasteiger partial charge in [-0.1, -0.05) is 6.07 Å². The molecule has 5 nitrogen and oxygen atoms in total. The lowest BCUT2D eigenvalue weighted by molar-refractivity contribution is 0.0696. The minimum absolute atomic E-state index is 0.0361. The summed E-state index contributed by atoms with van der Waals surface area (Å²) in [5, 5.41) is 9.13. The molecular formula is C14H19NO4S. The van der Waals surface area contributed by atoms with Gasteiger partial charge in [-0.3, -0.25) is 0 Å². The van der Waals surface area contributed by atoms with E-state index in [4.69, 9.17) is 5.11 Å². The minimum Gasteiger partial charge on any atom is -0.478 e. The SMILES string of the molecule is Cc1cc(C)c(S(=O)(=O)N(C)CC2CC2)cc1C(=O)O. The molecule has 20 heavy (non-hydrogen) atoms. The third kappa shape index (κ3) is 2.86. The van der Waals surface area contributed by atoms with Crippen LogP contribution in [0.4, 0.5) is 0 Å². The van der Waals surface area contributed by atoms with Crippen molar-refractivity contribution in [2.24, 2.45) is 5.92 Å². The van der Waals surface area contributed by atoms with Crippen molar-refractivity contribution in [3.63, 3.8) is 0 Å². The van der Waals surface area contributed by atoms with Gasteiger partial charge in [-0.2, -0.15) is 0 Å². The molecule has 1 saturated carbocycles. The zero-order valence-electron chi connectivity index (χ0n) is 11.9. The lowest BCUT2D eigenvalue weighted by atomic mass is 10.1. The molecule has 0 radical (unpaired) electrons. The van der Waals surface area contributed by atoms with Crippen molar-refractivity contribution in [3.8, 4) is 0 Å². The van der Waals surface area contributed by atoms with Gasteiger partial charge in [0, 0.05) is 13.6 Å². The van der Waals surface area contributed by atoms with Crippen LogP contribution in [0.5, 0.6) is 0 Å². The number of benzene rings is 1. The highest BCUT2D eigenvalue weighted by atomic mass is 32.2. The molecule has 1 N–H and O–H groups in total. The van der Waals surface area contributed by atoms with Gasteiger partial charge < -0.3 is 5.11 Å². The van der Waals surface area contributed by atoms with Crippen molar-refractivity contribution in [1.29, 1.82) is 0 Å². The average molecular weight is 297 g/mol. The van der Waals surface area contributed by atoms with E-state index in [0.29, 0.717) is 23.6 Å². The number of sulfonamides is 1. The molecule has 0 heterocycles. The van der Waals surface area contributed by atoms with Crippen LogP contribution in [0.1, 0.15) is 34.3 Å². The Balaban J connectivity index is 2.44. The molecule has 2 rings (SSSR count). The van der Waals surface area contributed by atoms with Crippen LogP contribution in [0.15, 0.2) is 17.0 Å². The quantitative estimate of drug-likeness (QED) is 0.902. The molecule has 6 heteroatoms. The third-order valence-corrected chi connectivity index (χ3v) is 5.62. The molecule has 0 spiro atoms. The Hall–Kier alpha value is -1.40. The maximum atomic E-state index is 12.5. The molecule has 0 aromatic heterocycles. The van der Waals surface area contributed by atoms with Crippen molar-refractivity contribution >= 4 is 16.0 Å². The molecule has 0 bridgehead atoms. The summed E-state index contributed by atoms with van der Waals surface area (Å²) in [6, 6.07) is 2.88.